The zero-order valence-electron chi connectivity index (χ0n) is 8.65. The first-order valence-electron chi connectivity index (χ1n) is 4.60. The van der Waals surface area contributed by atoms with Crippen molar-refractivity contribution in [3.63, 3.8) is 0 Å². The number of rotatable bonds is 4. The lowest BCUT2D eigenvalue weighted by atomic mass is 10.0. The normalized spacial score (nSPS) is 14.6. The Bertz CT molecular complexity index is 373. The molecule has 0 saturated carbocycles. The van der Waals surface area contributed by atoms with Crippen LogP contribution in [-0.2, 0) is 0 Å². The van der Waals surface area contributed by atoms with Gasteiger partial charge in [0, 0.05) is 18.2 Å². The number of benzene rings is 1. The largest absolute Gasteiger partial charge is 0.493 e. The number of ether oxygens (including phenoxy) is 1. The molecule has 6 heteroatoms. The van der Waals surface area contributed by atoms with Crippen LogP contribution >= 0.6 is 0 Å². The monoisotopic (exact) mass is 233 g/mol. The minimum absolute atomic E-state index is 0.169. The van der Waals surface area contributed by atoms with Gasteiger partial charge in [-0.05, 0) is 6.07 Å². The van der Waals surface area contributed by atoms with Crippen LogP contribution in [0.3, 0.4) is 0 Å². The van der Waals surface area contributed by atoms with Crippen LogP contribution in [0.4, 0.5) is 8.78 Å². The molecule has 1 rings (SSSR count). The van der Waals surface area contributed by atoms with Gasteiger partial charge in [-0.15, -0.1) is 0 Å². The molecule has 0 spiro atoms. The molecule has 0 fully saturated rings. The van der Waals surface area contributed by atoms with Gasteiger partial charge in [-0.25, -0.2) is 8.78 Å². The number of halogens is 2. The van der Waals surface area contributed by atoms with E-state index in [-0.39, 0.29) is 17.9 Å². The SMILES string of the molecule is COc1c(F)cc(F)cc1C(O)C(O)CN. The molecule has 0 aromatic heterocycles. The van der Waals surface area contributed by atoms with E-state index in [1.54, 1.807) is 0 Å². The predicted octanol–water partition coefficient (Wildman–Crippen LogP) is 0.326. The van der Waals surface area contributed by atoms with Crippen molar-refractivity contribution < 1.29 is 23.7 Å². The molecule has 0 saturated heterocycles. The molecule has 4 nitrogen and oxygen atoms in total. The van der Waals surface area contributed by atoms with Crippen LogP contribution in [0.15, 0.2) is 12.1 Å². The second-order valence-corrected chi connectivity index (χ2v) is 3.26. The second-order valence-electron chi connectivity index (χ2n) is 3.26. The number of nitrogens with two attached hydrogens (primary N) is 1. The van der Waals surface area contributed by atoms with E-state index in [1.165, 1.54) is 7.11 Å². The highest BCUT2D eigenvalue weighted by Gasteiger charge is 2.23. The fourth-order valence-electron chi connectivity index (χ4n) is 1.35. The maximum absolute atomic E-state index is 13.2. The van der Waals surface area contributed by atoms with Crippen LogP contribution in [0.2, 0.25) is 0 Å². The Labute approximate surface area is 91.3 Å². The zero-order valence-corrected chi connectivity index (χ0v) is 8.65. The van der Waals surface area contributed by atoms with Crippen molar-refractivity contribution in [3.8, 4) is 5.75 Å². The first kappa shape index (κ1) is 12.8. The molecule has 16 heavy (non-hydrogen) atoms. The summed E-state index contributed by atoms with van der Waals surface area (Å²) in [5.74, 6) is -2.11. The summed E-state index contributed by atoms with van der Waals surface area (Å²) >= 11 is 0. The van der Waals surface area contributed by atoms with Gasteiger partial charge < -0.3 is 20.7 Å². The van der Waals surface area contributed by atoms with Crippen molar-refractivity contribution in [2.45, 2.75) is 12.2 Å². The summed E-state index contributed by atoms with van der Waals surface area (Å²) in [4.78, 5) is 0. The van der Waals surface area contributed by atoms with Crippen LogP contribution in [0, 0.1) is 11.6 Å². The number of methoxy groups -OCH3 is 1. The first-order valence-corrected chi connectivity index (χ1v) is 4.60. The summed E-state index contributed by atoms with van der Waals surface area (Å²) < 4.78 is 30.9. The molecule has 2 unspecified atom stereocenters. The van der Waals surface area contributed by atoms with Gasteiger partial charge in [-0.2, -0.15) is 0 Å². The average Bonchev–Trinajstić information content (AvgIpc) is 2.26. The third-order valence-corrected chi connectivity index (χ3v) is 2.17. The Morgan fingerprint density at radius 3 is 2.50 bits per heavy atom. The van der Waals surface area contributed by atoms with Gasteiger partial charge in [0.15, 0.2) is 11.6 Å². The molecule has 0 amide bonds. The van der Waals surface area contributed by atoms with E-state index < -0.39 is 23.8 Å². The van der Waals surface area contributed by atoms with E-state index in [4.69, 9.17) is 10.5 Å². The topological polar surface area (TPSA) is 75.7 Å². The summed E-state index contributed by atoms with van der Waals surface area (Å²) in [6.07, 6.45) is -2.81. The molecule has 0 aliphatic heterocycles. The molecule has 90 valence electrons. The van der Waals surface area contributed by atoms with Crippen molar-refractivity contribution in [1.29, 1.82) is 0 Å². The lowest BCUT2D eigenvalue weighted by molar-refractivity contribution is 0.0224. The third kappa shape index (κ3) is 2.46. The fourth-order valence-corrected chi connectivity index (χ4v) is 1.35. The number of aliphatic hydroxyl groups is 2. The quantitative estimate of drug-likeness (QED) is 0.700. The van der Waals surface area contributed by atoms with E-state index in [0.29, 0.717) is 6.07 Å². The minimum atomic E-state index is -1.50. The highest BCUT2D eigenvalue weighted by Crippen LogP contribution is 2.30. The second kappa shape index (κ2) is 5.20. The molecular formula is C10H13F2NO3. The Morgan fingerprint density at radius 2 is 2.00 bits per heavy atom. The Kier molecular flexibility index (Phi) is 4.17. The molecule has 1 aromatic rings. The molecule has 2 atom stereocenters. The van der Waals surface area contributed by atoms with Gasteiger partial charge in [-0.1, -0.05) is 0 Å². The first-order chi connectivity index (χ1) is 7.51. The Hall–Kier alpha value is -1.24. The highest BCUT2D eigenvalue weighted by atomic mass is 19.1. The van der Waals surface area contributed by atoms with Crippen molar-refractivity contribution >= 4 is 0 Å². The van der Waals surface area contributed by atoms with Crippen molar-refractivity contribution in [1.82, 2.24) is 0 Å². The predicted molar refractivity (Wildman–Crippen MR) is 52.9 cm³/mol. The Balaban J connectivity index is 3.20. The molecule has 0 aliphatic rings. The van der Waals surface area contributed by atoms with E-state index in [0.717, 1.165) is 6.07 Å². The van der Waals surface area contributed by atoms with Crippen LogP contribution in [0.1, 0.15) is 11.7 Å². The lowest BCUT2D eigenvalue weighted by Gasteiger charge is -2.19. The molecule has 0 aliphatic carbocycles. The summed E-state index contributed by atoms with van der Waals surface area (Å²) in [6, 6.07) is 1.52. The Morgan fingerprint density at radius 1 is 1.38 bits per heavy atom. The number of hydrogen-bond acceptors (Lipinski definition) is 4. The maximum atomic E-state index is 13.2. The zero-order chi connectivity index (χ0) is 12.3. The molecular weight excluding hydrogens is 220 g/mol. The minimum Gasteiger partial charge on any atom is -0.493 e. The number of aliphatic hydroxyl groups excluding tert-OH is 2. The van der Waals surface area contributed by atoms with E-state index >= 15 is 0 Å². The van der Waals surface area contributed by atoms with Gasteiger partial charge in [-0.3, -0.25) is 0 Å². The smallest absolute Gasteiger partial charge is 0.168 e. The molecule has 0 bridgehead atoms. The summed E-state index contributed by atoms with van der Waals surface area (Å²) in [6.45, 7) is -0.234. The van der Waals surface area contributed by atoms with Gasteiger partial charge in [0.05, 0.1) is 13.2 Å². The standard InChI is InChI=1S/C10H13F2NO3/c1-16-10-6(9(15)8(14)4-13)2-5(11)3-7(10)12/h2-3,8-9,14-15H,4,13H2,1H3. The number of hydrogen-bond donors (Lipinski definition) is 3. The maximum Gasteiger partial charge on any atom is 0.168 e. The summed E-state index contributed by atoms with van der Waals surface area (Å²) in [5.41, 5.74) is 4.97. The summed E-state index contributed by atoms with van der Waals surface area (Å²) in [5, 5.41) is 18.9. The van der Waals surface area contributed by atoms with Crippen LogP contribution in [0.5, 0.6) is 5.75 Å². The van der Waals surface area contributed by atoms with Crippen LogP contribution in [0.25, 0.3) is 0 Å². The van der Waals surface area contributed by atoms with Crippen molar-refractivity contribution in [2.24, 2.45) is 5.73 Å². The third-order valence-electron chi connectivity index (χ3n) is 2.17. The molecule has 0 heterocycles. The molecule has 4 N–H and O–H groups in total. The summed E-state index contributed by atoms with van der Waals surface area (Å²) in [7, 11) is 1.18. The van der Waals surface area contributed by atoms with Crippen LogP contribution < -0.4 is 10.5 Å². The van der Waals surface area contributed by atoms with E-state index in [1.807, 2.05) is 0 Å². The van der Waals surface area contributed by atoms with Crippen molar-refractivity contribution in [2.75, 3.05) is 13.7 Å². The van der Waals surface area contributed by atoms with Gasteiger partial charge in [0.25, 0.3) is 0 Å². The van der Waals surface area contributed by atoms with Gasteiger partial charge >= 0.3 is 0 Å². The lowest BCUT2D eigenvalue weighted by Crippen LogP contribution is -2.27. The molecule has 1 aromatic carbocycles. The highest BCUT2D eigenvalue weighted by molar-refractivity contribution is 5.37. The van der Waals surface area contributed by atoms with Crippen LogP contribution in [-0.4, -0.2) is 30.0 Å². The van der Waals surface area contributed by atoms with E-state index in [2.05, 4.69) is 0 Å². The van der Waals surface area contributed by atoms with Gasteiger partial charge in [0.2, 0.25) is 0 Å². The van der Waals surface area contributed by atoms with Crippen molar-refractivity contribution in [3.05, 3.63) is 29.3 Å². The van der Waals surface area contributed by atoms with Gasteiger partial charge in [0.1, 0.15) is 11.9 Å². The van der Waals surface area contributed by atoms with E-state index in [9.17, 15) is 19.0 Å². The molecule has 0 radical (unpaired) electrons. The fraction of sp³-hybridized carbons (Fsp3) is 0.400. The average molecular weight is 233 g/mol.